The van der Waals surface area contributed by atoms with Crippen LogP contribution in [0.3, 0.4) is 0 Å². The Kier molecular flexibility index (Phi) is 5.72. The van der Waals surface area contributed by atoms with Gasteiger partial charge in [-0.1, -0.05) is 25.1 Å². The van der Waals surface area contributed by atoms with Crippen LogP contribution in [-0.4, -0.2) is 19.1 Å². The molecule has 1 aromatic carbocycles. The van der Waals surface area contributed by atoms with Gasteiger partial charge in [0.25, 0.3) is 5.91 Å². The number of benzene rings is 1. The summed E-state index contributed by atoms with van der Waals surface area (Å²) < 4.78 is 5.46. The van der Waals surface area contributed by atoms with Gasteiger partial charge in [0.15, 0.2) is 6.61 Å². The number of nitrogens with one attached hydrogen (secondary N) is 1. The van der Waals surface area contributed by atoms with Gasteiger partial charge in [-0.05, 0) is 25.0 Å². The molecule has 0 saturated carbocycles. The zero-order chi connectivity index (χ0) is 13.4. The monoisotopic (exact) mass is 246 g/mol. The smallest absolute Gasteiger partial charge is 0.257 e. The van der Waals surface area contributed by atoms with Gasteiger partial charge in [0.2, 0.25) is 0 Å². The second-order valence-corrected chi connectivity index (χ2v) is 4.08. The molecule has 0 aromatic heterocycles. The molecule has 0 aliphatic heterocycles. The van der Waals surface area contributed by atoms with E-state index in [1.165, 1.54) is 0 Å². The fourth-order valence-electron chi connectivity index (χ4n) is 1.44. The minimum atomic E-state index is -0.206. The predicted molar refractivity (Wildman–Crippen MR) is 69.1 cm³/mol. The summed E-state index contributed by atoms with van der Waals surface area (Å²) in [6.45, 7) is 4.13. The summed E-state index contributed by atoms with van der Waals surface area (Å²) in [5, 5.41) is 11.2. The molecule has 1 rings (SSSR count). The van der Waals surface area contributed by atoms with Gasteiger partial charge in [-0.15, -0.1) is 0 Å². The Morgan fingerprint density at radius 2 is 2.22 bits per heavy atom. The van der Waals surface area contributed by atoms with E-state index >= 15 is 0 Å². The average Bonchev–Trinajstić information content (AvgIpc) is 2.42. The summed E-state index contributed by atoms with van der Waals surface area (Å²) in [5.74, 6) is 0.350. The first kappa shape index (κ1) is 14.0. The van der Waals surface area contributed by atoms with E-state index in [-0.39, 0.29) is 18.4 Å². The summed E-state index contributed by atoms with van der Waals surface area (Å²) in [4.78, 5) is 11.5. The van der Waals surface area contributed by atoms with Crippen molar-refractivity contribution in [2.45, 2.75) is 20.3 Å². The third-order valence-electron chi connectivity index (χ3n) is 2.54. The molecular formula is C14H18N2O2. The predicted octanol–water partition coefficient (Wildman–Crippen LogP) is 1.90. The molecule has 1 aromatic rings. The van der Waals surface area contributed by atoms with Crippen molar-refractivity contribution in [3.05, 3.63) is 29.8 Å². The minimum Gasteiger partial charge on any atom is -0.483 e. The first-order valence-corrected chi connectivity index (χ1v) is 6.04. The van der Waals surface area contributed by atoms with Crippen LogP contribution >= 0.6 is 0 Å². The van der Waals surface area contributed by atoms with Crippen LogP contribution in [0, 0.1) is 17.2 Å². The highest BCUT2D eigenvalue weighted by molar-refractivity contribution is 5.77. The second-order valence-electron chi connectivity index (χ2n) is 4.08. The van der Waals surface area contributed by atoms with Crippen LogP contribution in [0.1, 0.15) is 19.4 Å². The second kappa shape index (κ2) is 7.33. The molecular weight excluding hydrogens is 228 g/mol. The molecule has 1 N–H and O–H groups in total. The van der Waals surface area contributed by atoms with Crippen molar-refractivity contribution in [2.24, 2.45) is 5.92 Å². The number of aryl methyl sites for hydroxylation is 1. The van der Waals surface area contributed by atoms with Crippen molar-refractivity contribution in [1.82, 2.24) is 5.32 Å². The van der Waals surface area contributed by atoms with E-state index in [9.17, 15) is 4.79 Å². The van der Waals surface area contributed by atoms with Crippen molar-refractivity contribution in [3.8, 4) is 11.8 Å². The molecule has 4 nitrogen and oxygen atoms in total. The molecule has 0 bridgehead atoms. The highest BCUT2D eigenvalue weighted by Crippen LogP contribution is 2.17. The minimum absolute atomic E-state index is 0.0187. The van der Waals surface area contributed by atoms with Crippen molar-refractivity contribution < 1.29 is 9.53 Å². The SMILES string of the molecule is CCc1ccccc1OCC(=O)NCC(C)C#N. The number of hydrogen-bond donors (Lipinski definition) is 1. The van der Waals surface area contributed by atoms with Crippen molar-refractivity contribution in [1.29, 1.82) is 5.26 Å². The van der Waals surface area contributed by atoms with Gasteiger partial charge in [-0.25, -0.2) is 0 Å². The van der Waals surface area contributed by atoms with Gasteiger partial charge in [0, 0.05) is 6.54 Å². The zero-order valence-electron chi connectivity index (χ0n) is 10.8. The molecule has 18 heavy (non-hydrogen) atoms. The summed E-state index contributed by atoms with van der Waals surface area (Å²) >= 11 is 0. The highest BCUT2D eigenvalue weighted by atomic mass is 16.5. The fraction of sp³-hybridized carbons (Fsp3) is 0.429. The zero-order valence-corrected chi connectivity index (χ0v) is 10.8. The molecule has 1 unspecified atom stereocenters. The molecule has 0 radical (unpaired) electrons. The normalized spacial score (nSPS) is 11.4. The molecule has 0 spiro atoms. The van der Waals surface area contributed by atoms with E-state index in [1.54, 1.807) is 6.92 Å². The first-order chi connectivity index (χ1) is 8.67. The first-order valence-electron chi connectivity index (χ1n) is 6.04. The third kappa shape index (κ3) is 4.46. The van der Waals surface area contributed by atoms with Crippen LogP contribution < -0.4 is 10.1 Å². The Hall–Kier alpha value is -2.02. The number of hydrogen-bond acceptors (Lipinski definition) is 3. The Balaban J connectivity index is 2.41. The maximum absolute atomic E-state index is 11.5. The lowest BCUT2D eigenvalue weighted by atomic mass is 10.1. The lowest BCUT2D eigenvalue weighted by Crippen LogP contribution is -2.32. The molecule has 1 atom stereocenters. The van der Waals surface area contributed by atoms with Crippen LogP contribution in [-0.2, 0) is 11.2 Å². The van der Waals surface area contributed by atoms with Gasteiger partial charge >= 0.3 is 0 Å². The summed E-state index contributed by atoms with van der Waals surface area (Å²) in [6, 6.07) is 9.71. The Morgan fingerprint density at radius 1 is 1.50 bits per heavy atom. The molecule has 0 heterocycles. The number of nitriles is 1. The maximum Gasteiger partial charge on any atom is 0.257 e. The molecule has 96 valence electrons. The largest absolute Gasteiger partial charge is 0.483 e. The molecule has 0 saturated heterocycles. The highest BCUT2D eigenvalue weighted by Gasteiger charge is 2.06. The number of carbonyl (C=O) groups is 1. The summed E-state index contributed by atoms with van der Waals surface area (Å²) in [6.07, 6.45) is 0.864. The van der Waals surface area contributed by atoms with E-state index in [2.05, 4.69) is 11.4 Å². The van der Waals surface area contributed by atoms with Crippen LogP contribution in [0.5, 0.6) is 5.75 Å². The number of amides is 1. The molecule has 4 heteroatoms. The van der Waals surface area contributed by atoms with Crippen LogP contribution in [0.15, 0.2) is 24.3 Å². The van der Waals surface area contributed by atoms with E-state index < -0.39 is 0 Å². The number of para-hydroxylation sites is 1. The number of rotatable bonds is 6. The van der Waals surface area contributed by atoms with E-state index in [0.29, 0.717) is 6.54 Å². The van der Waals surface area contributed by atoms with Gasteiger partial charge < -0.3 is 10.1 Å². The Labute approximate surface area is 108 Å². The lowest BCUT2D eigenvalue weighted by Gasteiger charge is -2.10. The molecule has 0 aliphatic carbocycles. The van der Waals surface area contributed by atoms with Gasteiger partial charge in [-0.3, -0.25) is 4.79 Å². The van der Waals surface area contributed by atoms with Gasteiger partial charge in [0.1, 0.15) is 5.75 Å². The standard InChI is InChI=1S/C14H18N2O2/c1-3-12-6-4-5-7-13(12)18-10-14(17)16-9-11(2)8-15/h4-7,11H,3,9-10H2,1-2H3,(H,16,17). The quantitative estimate of drug-likeness (QED) is 0.834. The molecule has 0 fully saturated rings. The van der Waals surface area contributed by atoms with Crippen LogP contribution in [0.25, 0.3) is 0 Å². The molecule has 0 aliphatic rings. The third-order valence-corrected chi connectivity index (χ3v) is 2.54. The number of ether oxygens (including phenoxy) is 1. The Bertz CT molecular complexity index is 438. The fourth-order valence-corrected chi connectivity index (χ4v) is 1.44. The van der Waals surface area contributed by atoms with Crippen LogP contribution in [0.2, 0.25) is 0 Å². The lowest BCUT2D eigenvalue weighted by molar-refractivity contribution is -0.123. The van der Waals surface area contributed by atoms with Crippen molar-refractivity contribution >= 4 is 5.91 Å². The van der Waals surface area contributed by atoms with Gasteiger partial charge in [-0.2, -0.15) is 5.26 Å². The van der Waals surface area contributed by atoms with Gasteiger partial charge in [0.05, 0.1) is 12.0 Å². The summed E-state index contributed by atoms with van der Waals surface area (Å²) in [7, 11) is 0. The Morgan fingerprint density at radius 3 is 2.89 bits per heavy atom. The topological polar surface area (TPSA) is 62.1 Å². The average molecular weight is 246 g/mol. The summed E-state index contributed by atoms with van der Waals surface area (Å²) in [5.41, 5.74) is 1.08. The maximum atomic E-state index is 11.5. The van der Waals surface area contributed by atoms with Crippen molar-refractivity contribution in [2.75, 3.05) is 13.2 Å². The van der Waals surface area contributed by atoms with Crippen molar-refractivity contribution in [3.63, 3.8) is 0 Å². The van der Waals surface area contributed by atoms with E-state index in [1.807, 2.05) is 31.2 Å². The molecule has 1 amide bonds. The number of nitrogens with zero attached hydrogens (tertiary/aromatic N) is 1. The van der Waals surface area contributed by atoms with E-state index in [0.717, 1.165) is 17.7 Å². The van der Waals surface area contributed by atoms with E-state index in [4.69, 9.17) is 10.00 Å². The number of carbonyl (C=O) groups excluding carboxylic acids is 1. The van der Waals surface area contributed by atoms with Crippen LogP contribution in [0.4, 0.5) is 0 Å².